The second-order valence-electron chi connectivity index (χ2n) is 5.21. The van der Waals surface area contributed by atoms with E-state index in [-0.39, 0.29) is 0 Å². The molecule has 1 heterocycles. The molecule has 0 aliphatic heterocycles. The molecule has 17 heavy (non-hydrogen) atoms. The first-order valence-corrected chi connectivity index (χ1v) is 6.96. The van der Waals surface area contributed by atoms with Gasteiger partial charge in [0.15, 0.2) is 5.78 Å². The highest BCUT2D eigenvalue weighted by atomic mass is 16.1. The van der Waals surface area contributed by atoms with Crippen LogP contribution in [0.1, 0.15) is 61.9 Å². The maximum Gasteiger partial charge on any atom is 0.164 e. The largest absolute Gasteiger partial charge is 0.353 e. The van der Waals surface area contributed by atoms with E-state index in [1.165, 1.54) is 18.4 Å². The number of Topliss-reactive ketones (excluding diaryl/α,β-unsaturated/α-hetero) is 1. The van der Waals surface area contributed by atoms with Gasteiger partial charge in [-0.2, -0.15) is 0 Å². The molecule has 0 saturated carbocycles. The minimum absolute atomic E-state index is 0.348. The van der Waals surface area contributed by atoms with Gasteiger partial charge in [0.05, 0.1) is 0 Å². The van der Waals surface area contributed by atoms with E-state index >= 15 is 0 Å². The fraction of sp³-hybridized carbons (Fsp3) is 0.667. The van der Waals surface area contributed by atoms with E-state index in [9.17, 15) is 4.79 Å². The molecule has 1 aromatic rings. The number of aryl methyl sites for hydroxylation is 1. The third-order valence-electron chi connectivity index (χ3n) is 3.99. The van der Waals surface area contributed by atoms with E-state index in [0.29, 0.717) is 5.78 Å². The van der Waals surface area contributed by atoms with Gasteiger partial charge in [-0.25, -0.2) is 0 Å². The van der Waals surface area contributed by atoms with Crippen molar-refractivity contribution in [3.63, 3.8) is 0 Å². The first-order chi connectivity index (χ1) is 8.24. The zero-order valence-electron chi connectivity index (χ0n) is 11.0. The van der Waals surface area contributed by atoms with Crippen LogP contribution in [0, 0.1) is 5.92 Å². The Kier molecular flexibility index (Phi) is 4.03. The van der Waals surface area contributed by atoms with Gasteiger partial charge in [-0.1, -0.05) is 26.7 Å². The molecule has 2 nitrogen and oxygen atoms in total. The summed E-state index contributed by atoms with van der Waals surface area (Å²) in [6, 6.07) is 0. The number of ketones is 1. The van der Waals surface area contributed by atoms with Crippen molar-refractivity contribution >= 4 is 5.78 Å². The second kappa shape index (κ2) is 5.52. The molecule has 0 bridgehead atoms. The summed E-state index contributed by atoms with van der Waals surface area (Å²) >= 11 is 0. The maximum atomic E-state index is 11.9. The van der Waals surface area contributed by atoms with Gasteiger partial charge in [0.1, 0.15) is 0 Å². The quantitative estimate of drug-likeness (QED) is 0.724. The van der Waals surface area contributed by atoms with E-state index in [4.69, 9.17) is 0 Å². The lowest BCUT2D eigenvalue weighted by Crippen LogP contribution is -2.07. The number of fused-ring (bicyclic) bond motifs is 1. The molecular formula is C15H23NO. The van der Waals surface area contributed by atoms with E-state index in [2.05, 4.69) is 30.8 Å². The van der Waals surface area contributed by atoms with Crippen LogP contribution >= 0.6 is 0 Å². The van der Waals surface area contributed by atoms with Gasteiger partial charge in [0, 0.05) is 30.9 Å². The molecule has 2 heteroatoms. The SMILES string of the molecule is CCC(CC)Cn1cc2c(c1)C(=O)CCCC2. The molecule has 0 amide bonds. The first kappa shape index (κ1) is 12.4. The Labute approximate surface area is 104 Å². The van der Waals surface area contributed by atoms with Crippen molar-refractivity contribution in [3.05, 3.63) is 23.5 Å². The number of rotatable bonds is 4. The summed E-state index contributed by atoms with van der Waals surface area (Å²) in [6.07, 6.45) is 10.8. The fourth-order valence-electron chi connectivity index (χ4n) is 2.69. The topological polar surface area (TPSA) is 22.0 Å². The number of hydrogen-bond acceptors (Lipinski definition) is 1. The Morgan fingerprint density at radius 2 is 1.88 bits per heavy atom. The number of carbonyl (C=O) groups is 1. The standard InChI is InChI=1S/C15H23NO/c1-3-12(4-2)9-16-10-13-7-5-6-8-15(17)14(13)11-16/h10-12H,3-9H2,1-2H3. The van der Waals surface area contributed by atoms with Gasteiger partial charge in [0.2, 0.25) is 0 Å². The summed E-state index contributed by atoms with van der Waals surface area (Å²) in [5, 5.41) is 0. The Hall–Kier alpha value is -1.05. The average molecular weight is 233 g/mol. The normalized spacial score (nSPS) is 16.1. The van der Waals surface area contributed by atoms with Crippen LogP contribution in [-0.2, 0) is 13.0 Å². The number of nitrogens with zero attached hydrogens (tertiary/aromatic N) is 1. The van der Waals surface area contributed by atoms with Crippen molar-refractivity contribution in [2.45, 2.75) is 58.9 Å². The van der Waals surface area contributed by atoms with E-state index in [1.807, 2.05) is 0 Å². The van der Waals surface area contributed by atoms with Gasteiger partial charge >= 0.3 is 0 Å². The molecule has 0 fully saturated rings. The molecule has 1 aromatic heterocycles. The average Bonchev–Trinajstić information content (AvgIpc) is 2.67. The molecule has 94 valence electrons. The van der Waals surface area contributed by atoms with Crippen LogP contribution < -0.4 is 0 Å². The Morgan fingerprint density at radius 1 is 1.18 bits per heavy atom. The molecule has 1 aliphatic rings. The molecule has 0 spiro atoms. The molecule has 0 aromatic carbocycles. The lowest BCUT2D eigenvalue weighted by atomic mass is 10.0. The lowest BCUT2D eigenvalue weighted by Gasteiger charge is -2.12. The monoisotopic (exact) mass is 233 g/mol. The van der Waals surface area contributed by atoms with E-state index < -0.39 is 0 Å². The molecule has 0 atom stereocenters. The third-order valence-corrected chi connectivity index (χ3v) is 3.99. The van der Waals surface area contributed by atoms with Gasteiger partial charge in [-0.05, 0) is 30.7 Å². The zero-order chi connectivity index (χ0) is 12.3. The van der Waals surface area contributed by atoms with Crippen LogP contribution in [0.15, 0.2) is 12.4 Å². The zero-order valence-corrected chi connectivity index (χ0v) is 11.0. The minimum atomic E-state index is 0.348. The minimum Gasteiger partial charge on any atom is -0.353 e. The highest BCUT2D eigenvalue weighted by molar-refractivity contribution is 5.97. The summed E-state index contributed by atoms with van der Waals surface area (Å²) < 4.78 is 2.24. The number of hydrogen-bond donors (Lipinski definition) is 0. The van der Waals surface area contributed by atoms with E-state index in [0.717, 1.165) is 43.7 Å². The van der Waals surface area contributed by atoms with Gasteiger partial charge in [-0.3, -0.25) is 4.79 Å². The maximum absolute atomic E-state index is 11.9. The van der Waals surface area contributed by atoms with Crippen LogP contribution in [-0.4, -0.2) is 10.4 Å². The molecule has 0 radical (unpaired) electrons. The Morgan fingerprint density at radius 3 is 2.59 bits per heavy atom. The molecule has 0 unspecified atom stereocenters. The van der Waals surface area contributed by atoms with Crippen molar-refractivity contribution in [2.24, 2.45) is 5.92 Å². The van der Waals surface area contributed by atoms with Crippen LogP contribution in [0.4, 0.5) is 0 Å². The predicted molar refractivity (Wildman–Crippen MR) is 70.4 cm³/mol. The Balaban J connectivity index is 2.16. The van der Waals surface area contributed by atoms with Crippen LogP contribution in [0.25, 0.3) is 0 Å². The predicted octanol–water partition coefficient (Wildman–Crippen LogP) is 3.83. The van der Waals surface area contributed by atoms with Crippen LogP contribution in [0.5, 0.6) is 0 Å². The number of carbonyl (C=O) groups excluding carboxylic acids is 1. The lowest BCUT2D eigenvalue weighted by molar-refractivity contribution is 0.0982. The van der Waals surface area contributed by atoms with Crippen molar-refractivity contribution < 1.29 is 4.79 Å². The highest BCUT2D eigenvalue weighted by Gasteiger charge is 2.18. The molecular weight excluding hydrogens is 210 g/mol. The summed E-state index contributed by atoms with van der Waals surface area (Å²) in [5.41, 5.74) is 2.27. The Bertz CT molecular complexity index is 388. The second-order valence-corrected chi connectivity index (χ2v) is 5.21. The van der Waals surface area contributed by atoms with Gasteiger partial charge in [-0.15, -0.1) is 0 Å². The van der Waals surface area contributed by atoms with Crippen molar-refractivity contribution in [1.29, 1.82) is 0 Å². The van der Waals surface area contributed by atoms with Gasteiger partial charge < -0.3 is 4.57 Å². The molecule has 1 aliphatic carbocycles. The van der Waals surface area contributed by atoms with E-state index in [1.54, 1.807) is 0 Å². The highest BCUT2D eigenvalue weighted by Crippen LogP contribution is 2.22. The van der Waals surface area contributed by atoms with Gasteiger partial charge in [0.25, 0.3) is 0 Å². The smallest absolute Gasteiger partial charge is 0.164 e. The molecule has 0 saturated heterocycles. The van der Waals surface area contributed by atoms with Crippen LogP contribution in [0.2, 0.25) is 0 Å². The first-order valence-electron chi connectivity index (χ1n) is 6.96. The van der Waals surface area contributed by atoms with Crippen LogP contribution in [0.3, 0.4) is 0 Å². The third kappa shape index (κ3) is 2.80. The summed E-state index contributed by atoms with van der Waals surface area (Å²) in [4.78, 5) is 11.9. The van der Waals surface area contributed by atoms with Crippen molar-refractivity contribution in [1.82, 2.24) is 4.57 Å². The molecule has 2 rings (SSSR count). The fourth-order valence-corrected chi connectivity index (χ4v) is 2.69. The summed E-state index contributed by atoms with van der Waals surface area (Å²) in [5.74, 6) is 1.09. The van der Waals surface area contributed by atoms with Crippen molar-refractivity contribution in [3.8, 4) is 0 Å². The summed E-state index contributed by atoms with van der Waals surface area (Å²) in [7, 11) is 0. The van der Waals surface area contributed by atoms with Crippen molar-refractivity contribution in [2.75, 3.05) is 0 Å². The molecule has 0 N–H and O–H groups in total. The number of aromatic nitrogens is 1. The summed E-state index contributed by atoms with van der Waals surface area (Å²) in [6.45, 7) is 5.55.